The number of hydrogen-bond donors (Lipinski definition) is 1. The fourth-order valence-corrected chi connectivity index (χ4v) is 2.91. The molecule has 0 bridgehead atoms. The third kappa shape index (κ3) is 3.55. The molecular weight excluding hydrogens is 350 g/mol. The zero-order valence-electron chi connectivity index (χ0n) is 13.4. The highest BCUT2D eigenvalue weighted by molar-refractivity contribution is 8.00. The van der Waals surface area contributed by atoms with E-state index in [4.69, 9.17) is 4.42 Å². The third-order valence-electron chi connectivity index (χ3n) is 3.44. The van der Waals surface area contributed by atoms with E-state index >= 15 is 0 Å². The van der Waals surface area contributed by atoms with E-state index in [2.05, 4.69) is 15.5 Å². The predicted molar refractivity (Wildman–Crippen MR) is 89.0 cm³/mol. The summed E-state index contributed by atoms with van der Waals surface area (Å²) in [5.41, 5.74) is -0.464. The quantitative estimate of drug-likeness (QED) is 0.702. The number of para-hydroxylation sites is 1. The van der Waals surface area contributed by atoms with E-state index in [1.807, 2.05) is 0 Å². The molecule has 0 saturated heterocycles. The number of rotatable bonds is 5. The Balaban J connectivity index is 1.72. The average Bonchev–Trinajstić information content (AvgIpc) is 3.21. The van der Waals surface area contributed by atoms with E-state index in [-0.39, 0.29) is 0 Å². The molecule has 9 heteroatoms. The fraction of sp³-hybridized carbons (Fsp3) is 0.188. The molecule has 25 heavy (non-hydrogen) atoms. The van der Waals surface area contributed by atoms with Crippen molar-refractivity contribution in [2.24, 2.45) is 7.05 Å². The molecule has 2 aromatic heterocycles. The first-order valence-corrected chi connectivity index (χ1v) is 8.20. The number of furan rings is 1. The first-order valence-electron chi connectivity index (χ1n) is 7.32. The van der Waals surface area contributed by atoms with Gasteiger partial charge in [0.2, 0.25) is 5.91 Å². The monoisotopic (exact) mass is 364 g/mol. The van der Waals surface area contributed by atoms with Crippen LogP contribution in [0.1, 0.15) is 6.92 Å². The Morgan fingerprint density at radius 1 is 1.24 bits per heavy atom. The van der Waals surface area contributed by atoms with E-state index in [0.717, 1.165) is 23.9 Å². The van der Waals surface area contributed by atoms with Gasteiger partial charge in [0.25, 0.3) is 0 Å². The van der Waals surface area contributed by atoms with E-state index in [9.17, 15) is 13.6 Å². The molecule has 1 aromatic carbocycles. The number of anilines is 1. The number of nitrogens with one attached hydrogen (secondary N) is 1. The first kappa shape index (κ1) is 17.2. The summed E-state index contributed by atoms with van der Waals surface area (Å²) in [7, 11) is 1.74. The lowest BCUT2D eigenvalue weighted by Crippen LogP contribution is -2.24. The second-order valence-corrected chi connectivity index (χ2v) is 6.50. The Hall–Kier alpha value is -2.68. The molecule has 0 spiro atoms. The third-order valence-corrected chi connectivity index (χ3v) is 4.57. The standard InChI is InChI=1S/C16H14F2N4O2S/c1-9(15(23)19-13-10(17)5-3-6-11(13)18)25-16-21-20-14(22(16)2)12-7-4-8-24-12/h3-9H,1-2H3,(H,19,23). The van der Waals surface area contributed by atoms with Crippen molar-refractivity contribution >= 4 is 23.4 Å². The van der Waals surface area contributed by atoms with Crippen LogP contribution < -0.4 is 5.32 Å². The summed E-state index contributed by atoms with van der Waals surface area (Å²) < 4.78 is 34.2. The Morgan fingerprint density at radius 2 is 1.96 bits per heavy atom. The molecule has 130 valence electrons. The van der Waals surface area contributed by atoms with Gasteiger partial charge in [-0.05, 0) is 31.2 Å². The smallest absolute Gasteiger partial charge is 0.237 e. The molecule has 0 aliphatic carbocycles. The van der Waals surface area contributed by atoms with Gasteiger partial charge in [-0.1, -0.05) is 17.8 Å². The van der Waals surface area contributed by atoms with Crippen molar-refractivity contribution in [3.63, 3.8) is 0 Å². The summed E-state index contributed by atoms with van der Waals surface area (Å²) in [6, 6.07) is 6.86. The minimum absolute atomic E-state index is 0.464. The van der Waals surface area contributed by atoms with Gasteiger partial charge < -0.3 is 14.3 Å². The lowest BCUT2D eigenvalue weighted by Gasteiger charge is -2.12. The first-order chi connectivity index (χ1) is 12.0. The van der Waals surface area contributed by atoms with Gasteiger partial charge in [-0.2, -0.15) is 0 Å². The Morgan fingerprint density at radius 3 is 2.60 bits per heavy atom. The molecule has 0 aliphatic heterocycles. The number of halogens is 2. The van der Waals surface area contributed by atoms with Crippen molar-refractivity contribution in [2.75, 3.05) is 5.32 Å². The Bertz CT molecular complexity index is 875. The van der Waals surface area contributed by atoms with Crippen LogP contribution in [0.15, 0.2) is 46.2 Å². The highest BCUT2D eigenvalue weighted by Crippen LogP contribution is 2.27. The van der Waals surface area contributed by atoms with Crippen LogP contribution >= 0.6 is 11.8 Å². The number of carbonyl (C=O) groups excluding carboxylic acids is 1. The molecular formula is C16H14F2N4O2S. The van der Waals surface area contributed by atoms with Gasteiger partial charge in [-0.15, -0.1) is 10.2 Å². The van der Waals surface area contributed by atoms with Gasteiger partial charge in [0, 0.05) is 7.05 Å². The summed E-state index contributed by atoms with van der Waals surface area (Å²) in [6.07, 6.45) is 1.52. The van der Waals surface area contributed by atoms with Crippen molar-refractivity contribution in [2.45, 2.75) is 17.3 Å². The van der Waals surface area contributed by atoms with Crippen LogP contribution in [0.3, 0.4) is 0 Å². The van der Waals surface area contributed by atoms with Gasteiger partial charge in [0.15, 0.2) is 16.7 Å². The molecule has 1 atom stereocenters. The predicted octanol–water partition coefficient (Wildman–Crippen LogP) is 3.47. The summed E-state index contributed by atoms with van der Waals surface area (Å²) in [4.78, 5) is 12.2. The van der Waals surface area contributed by atoms with Crippen LogP contribution in [-0.4, -0.2) is 25.9 Å². The van der Waals surface area contributed by atoms with E-state index in [1.54, 1.807) is 30.7 Å². The largest absolute Gasteiger partial charge is 0.461 e. The van der Waals surface area contributed by atoms with Crippen molar-refractivity contribution in [3.8, 4) is 11.6 Å². The fourth-order valence-electron chi connectivity index (χ4n) is 2.09. The maximum absolute atomic E-state index is 13.6. The second-order valence-electron chi connectivity index (χ2n) is 5.19. The molecule has 2 heterocycles. The van der Waals surface area contributed by atoms with Crippen LogP contribution in [0.5, 0.6) is 0 Å². The molecule has 1 amide bonds. The average molecular weight is 364 g/mol. The maximum atomic E-state index is 13.6. The molecule has 0 radical (unpaired) electrons. The Labute approximate surface area is 146 Å². The molecule has 0 saturated carbocycles. The molecule has 6 nitrogen and oxygen atoms in total. The second kappa shape index (κ2) is 7.06. The van der Waals surface area contributed by atoms with Gasteiger partial charge in [0.1, 0.15) is 17.3 Å². The number of aromatic nitrogens is 3. The SMILES string of the molecule is CC(Sc1nnc(-c2ccco2)n1C)C(=O)Nc1c(F)cccc1F. The highest BCUT2D eigenvalue weighted by atomic mass is 32.2. The molecule has 3 aromatic rings. The Kier molecular flexibility index (Phi) is 4.84. The molecule has 1 N–H and O–H groups in total. The highest BCUT2D eigenvalue weighted by Gasteiger charge is 2.22. The normalized spacial score (nSPS) is 12.2. The summed E-state index contributed by atoms with van der Waals surface area (Å²) in [5.74, 6) is -1.14. The molecule has 1 unspecified atom stereocenters. The number of amides is 1. The van der Waals surface area contributed by atoms with Crippen LogP contribution in [0.2, 0.25) is 0 Å². The van der Waals surface area contributed by atoms with Crippen LogP contribution in [0, 0.1) is 11.6 Å². The van der Waals surface area contributed by atoms with Crippen molar-refractivity contribution < 1.29 is 18.0 Å². The van der Waals surface area contributed by atoms with Crippen molar-refractivity contribution in [1.82, 2.24) is 14.8 Å². The van der Waals surface area contributed by atoms with E-state index < -0.39 is 28.5 Å². The summed E-state index contributed by atoms with van der Waals surface area (Å²) in [6.45, 7) is 1.61. The van der Waals surface area contributed by atoms with Gasteiger partial charge in [-0.25, -0.2) is 8.78 Å². The maximum Gasteiger partial charge on any atom is 0.237 e. The van der Waals surface area contributed by atoms with Gasteiger partial charge >= 0.3 is 0 Å². The number of hydrogen-bond acceptors (Lipinski definition) is 5. The van der Waals surface area contributed by atoms with Crippen LogP contribution in [0.25, 0.3) is 11.6 Å². The number of benzene rings is 1. The number of thioether (sulfide) groups is 1. The molecule has 3 rings (SSSR count). The topological polar surface area (TPSA) is 73.0 Å². The number of nitrogens with zero attached hydrogens (tertiary/aromatic N) is 3. The van der Waals surface area contributed by atoms with E-state index in [1.165, 1.54) is 12.3 Å². The van der Waals surface area contributed by atoms with Crippen LogP contribution in [-0.2, 0) is 11.8 Å². The van der Waals surface area contributed by atoms with Gasteiger partial charge in [-0.3, -0.25) is 4.79 Å². The zero-order chi connectivity index (χ0) is 18.0. The lowest BCUT2D eigenvalue weighted by atomic mass is 10.3. The minimum atomic E-state index is -0.829. The minimum Gasteiger partial charge on any atom is -0.461 e. The van der Waals surface area contributed by atoms with Crippen molar-refractivity contribution in [1.29, 1.82) is 0 Å². The van der Waals surface area contributed by atoms with E-state index in [0.29, 0.717) is 16.7 Å². The van der Waals surface area contributed by atoms with Crippen molar-refractivity contribution in [3.05, 3.63) is 48.2 Å². The lowest BCUT2D eigenvalue weighted by molar-refractivity contribution is -0.115. The summed E-state index contributed by atoms with van der Waals surface area (Å²) in [5, 5.41) is 10.1. The number of carbonyl (C=O) groups is 1. The summed E-state index contributed by atoms with van der Waals surface area (Å²) >= 11 is 1.12. The van der Waals surface area contributed by atoms with Crippen LogP contribution in [0.4, 0.5) is 14.5 Å². The zero-order valence-corrected chi connectivity index (χ0v) is 14.2. The van der Waals surface area contributed by atoms with Gasteiger partial charge in [0.05, 0.1) is 11.5 Å². The molecule has 0 fully saturated rings. The molecule has 0 aliphatic rings.